The number of primary amides is 1. The molecule has 1 fully saturated rings. The Bertz CT molecular complexity index is 1010. The van der Waals surface area contributed by atoms with E-state index in [9.17, 15) is 14.4 Å². The first kappa shape index (κ1) is 23.7. The van der Waals surface area contributed by atoms with Crippen LogP contribution in [0.5, 0.6) is 0 Å². The van der Waals surface area contributed by atoms with Crippen molar-refractivity contribution in [1.29, 1.82) is 0 Å². The molecule has 1 aromatic heterocycles. The van der Waals surface area contributed by atoms with E-state index in [2.05, 4.69) is 9.69 Å². The summed E-state index contributed by atoms with van der Waals surface area (Å²) >= 11 is 0.822. The number of benzene rings is 1. The van der Waals surface area contributed by atoms with Crippen molar-refractivity contribution in [1.82, 2.24) is 9.69 Å². The number of carbonyl (C=O) groups excluding carboxylic acids is 3. The van der Waals surface area contributed by atoms with Crippen LogP contribution >= 0.6 is 11.5 Å². The molecule has 2 aromatic rings. The summed E-state index contributed by atoms with van der Waals surface area (Å²) < 4.78 is 3.97. The number of nitrogens with two attached hydrogens (primary N) is 2. The number of aromatic nitrogens is 1. The quantitative estimate of drug-likeness (QED) is 0.587. The Balaban J connectivity index is 2.03. The van der Waals surface area contributed by atoms with E-state index in [1.165, 1.54) is 11.3 Å². The molecule has 3 rings (SSSR count). The van der Waals surface area contributed by atoms with Crippen LogP contribution in [0.4, 0.5) is 11.4 Å². The number of nitrogen functional groups attached to an aromatic ring is 1. The number of hydrogen-bond donors (Lipinski definition) is 3. The summed E-state index contributed by atoms with van der Waals surface area (Å²) in [5, 5.41) is 3.15. The van der Waals surface area contributed by atoms with Crippen molar-refractivity contribution in [2.45, 2.75) is 71.4 Å². The molecule has 9 heteroatoms. The highest BCUT2D eigenvalue weighted by Gasteiger charge is 2.35. The largest absolute Gasteiger partial charge is 0.395 e. The second kappa shape index (κ2) is 10.1. The minimum atomic E-state index is -0.793. The summed E-state index contributed by atoms with van der Waals surface area (Å²) in [6.45, 7) is 5.70. The molecule has 1 saturated carbocycles. The third kappa shape index (κ3) is 4.93. The normalized spacial score (nSPS) is 15.2. The number of nitrogens with zero attached hydrogens (tertiary/aromatic N) is 2. The van der Waals surface area contributed by atoms with E-state index in [1.54, 1.807) is 0 Å². The van der Waals surface area contributed by atoms with Crippen LogP contribution in [-0.2, 0) is 4.79 Å². The van der Waals surface area contributed by atoms with Crippen LogP contribution in [0.3, 0.4) is 0 Å². The molecule has 1 aliphatic carbocycles. The van der Waals surface area contributed by atoms with Crippen LogP contribution in [0.15, 0.2) is 18.2 Å². The Morgan fingerprint density at radius 3 is 2.50 bits per heavy atom. The average Bonchev–Trinajstić information content (AvgIpc) is 3.15. The molecule has 1 atom stereocenters. The lowest BCUT2D eigenvalue weighted by atomic mass is 9.95. The van der Waals surface area contributed by atoms with Gasteiger partial charge < -0.3 is 16.8 Å². The number of rotatable bonds is 7. The number of carbonyl (C=O) groups is 3. The monoisotopic (exact) mass is 457 g/mol. The van der Waals surface area contributed by atoms with Crippen molar-refractivity contribution in [3.8, 4) is 0 Å². The Morgan fingerprint density at radius 2 is 1.91 bits per heavy atom. The zero-order valence-electron chi connectivity index (χ0n) is 18.8. The molecule has 0 bridgehead atoms. The Morgan fingerprint density at radius 1 is 1.22 bits per heavy atom. The van der Waals surface area contributed by atoms with Gasteiger partial charge in [-0.3, -0.25) is 19.3 Å². The highest BCUT2D eigenvalue weighted by Crippen LogP contribution is 2.31. The predicted molar refractivity (Wildman–Crippen MR) is 127 cm³/mol. The van der Waals surface area contributed by atoms with Gasteiger partial charge in [0, 0.05) is 11.7 Å². The van der Waals surface area contributed by atoms with Gasteiger partial charge in [0.15, 0.2) is 5.69 Å². The maximum atomic E-state index is 13.7. The fourth-order valence-electron chi connectivity index (χ4n) is 4.17. The molecule has 0 radical (unpaired) electrons. The van der Waals surface area contributed by atoms with E-state index < -0.39 is 17.9 Å². The molecule has 1 heterocycles. The summed E-state index contributed by atoms with van der Waals surface area (Å²) in [7, 11) is 0. The fourth-order valence-corrected chi connectivity index (χ4v) is 4.91. The van der Waals surface area contributed by atoms with Crippen LogP contribution in [-0.4, -0.2) is 34.2 Å². The smallest absolute Gasteiger partial charge is 0.272 e. The Labute approximate surface area is 192 Å². The van der Waals surface area contributed by atoms with Crippen molar-refractivity contribution in [3.05, 3.63) is 39.9 Å². The summed E-state index contributed by atoms with van der Waals surface area (Å²) in [6.07, 6.45) is 5.68. The molecule has 5 N–H and O–H groups in total. The van der Waals surface area contributed by atoms with Crippen LogP contribution in [0, 0.1) is 13.8 Å². The second-order valence-corrected chi connectivity index (χ2v) is 9.14. The van der Waals surface area contributed by atoms with Gasteiger partial charge in [-0.15, -0.1) is 0 Å². The van der Waals surface area contributed by atoms with E-state index >= 15 is 0 Å². The number of aryl methyl sites for hydroxylation is 2. The van der Waals surface area contributed by atoms with Gasteiger partial charge in [-0.05, 0) is 61.8 Å². The SMILES string of the molecule is CCC(C(=O)NC1CCCCC1)N(C(=O)c1snc(C(N)=O)c1N)c1cc(C)ccc1C. The number of nitrogens with one attached hydrogen (secondary N) is 1. The third-order valence-electron chi connectivity index (χ3n) is 5.95. The topological polar surface area (TPSA) is 131 Å². The lowest BCUT2D eigenvalue weighted by molar-refractivity contribution is -0.123. The van der Waals surface area contributed by atoms with Gasteiger partial charge in [-0.2, -0.15) is 4.37 Å². The van der Waals surface area contributed by atoms with Gasteiger partial charge in [0.05, 0.1) is 5.69 Å². The molecule has 8 nitrogen and oxygen atoms in total. The zero-order valence-corrected chi connectivity index (χ0v) is 19.6. The summed E-state index contributed by atoms with van der Waals surface area (Å²) in [5.41, 5.74) is 13.7. The summed E-state index contributed by atoms with van der Waals surface area (Å²) in [4.78, 5) is 40.3. The van der Waals surface area contributed by atoms with Crippen molar-refractivity contribution in [2.24, 2.45) is 5.73 Å². The number of anilines is 2. The van der Waals surface area contributed by atoms with Gasteiger partial charge >= 0.3 is 0 Å². The lowest BCUT2D eigenvalue weighted by Crippen LogP contribution is -2.52. The molecular weight excluding hydrogens is 426 g/mol. The van der Waals surface area contributed by atoms with Crippen molar-refractivity contribution >= 4 is 40.6 Å². The lowest BCUT2D eigenvalue weighted by Gasteiger charge is -2.33. The van der Waals surface area contributed by atoms with Crippen molar-refractivity contribution in [2.75, 3.05) is 10.6 Å². The van der Waals surface area contributed by atoms with E-state index in [4.69, 9.17) is 11.5 Å². The van der Waals surface area contributed by atoms with Crippen molar-refractivity contribution in [3.63, 3.8) is 0 Å². The first-order chi connectivity index (χ1) is 15.2. The predicted octanol–water partition coefficient (Wildman–Crippen LogP) is 3.32. The minimum Gasteiger partial charge on any atom is -0.395 e. The van der Waals surface area contributed by atoms with Crippen LogP contribution in [0.25, 0.3) is 0 Å². The highest BCUT2D eigenvalue weighted by molar-refractivity contribution is 7.09. The molecular formula is C23H31N5O3S. The van der Waals surface area contributed by atoms with Gasteiger partial charge in [-0.25, -0.2) is 0 Å². The third-order valence-corrected chi connectivity index (χ3v) is 6.80. The second-order valence-electron chi connectivity index (χ2n) is 8.37. The molecule has 1 aromatic carbocycles. The number of hydrogen-bond acceptors (Lipinski definition) is 6. The minimum absolute atomic E-state index is 0.0506. The average molecular weight is 458 g/mol. The maximum Gasteiger partial charge on any atom is 0.272 e. The van der Waals surface area contributed by atoms with E-state index in [0.29, 0.717) is 12.1 Å². The molecule has 32 heavy (non-hydrogen) atoms. The summed E-state index contributed by atoms with van der Waals surface area (Å²) in [6, 6.07) is 5.15. The van der Waals surface area contributed by atoms with Gasteiger partial charge in [0.2, 0.25) is 5.91 Å². The Hall–Kier alpha value is -2.94. The van der Waals surface area contributed by atoms with Crippen LogP contribution < -0.4 is 21.7 Å². The van der Waals surface area contributed by atoms with Crippen LogP contribution in [0.1, 0.15) is 76.7 Å². The van der Waals surface area contributed by atoms with Gasteiger partial charge in [0.1, 0.15) is 10.9 Å². The van der Waals surface area contributed by atoms with Gasteiger partial charge in [-0.1, -0.05) is 38.3 Å². The van der Waals surface area contributed by atoms with Crippen molar-refractivity contribution < 1.29 is 14.4 Å². The molecule has 1 unspecified atom stereocenters. The molecule has 1 aliphatic rings. The van der Waals surface area contributed by atoms with Gasteiger partial charge in [0.25, 0.3) is 11.8 Å². The maximum absolute atomic E-state index is 13.7. The summed E-state index contributed by atoms with van der Waals surface area (Å²) in [5.74, 6) is -1.45. The first-order valence-electron chi connectivity index (χ1n) is 11.0. The molecule has 172 valence electrons. The standard InChI is InChI=1S/C23H31N5O3S/c1-4-16(22(30)26-15-8-6-5-7-9-15)28(17-12-13(2)10-11-14(17)3)23(31)20-18(24)19(21(25)29)27-32-20/h10-12,15-16H,4-9,24H2,1-3H3,(H2,25,29)(H,26,30). The Kier molecular flexibility index (Phi) is 7.50. The molecule has 0 spiro atoms. The van der Waals surface area contributed by atoms with E-state index in [1.807, 2.05) is 39.0 Å². The molecule has 3 amide bonds. The fraction of sp³-hybridized carbons (Fsp3) is 0.478. The number of amides is 3. The highest BCUT2D eigenvalue weighted by atomic mass is 32.1. The van der Waals surface area contributed by atoms with E-state index in [0.717, 1.165) is 48.3 Å². The first-order valence-corrected chi connectivity index (χ1v) is 11.8. The molecule has 0 saturated heterocycles. The molecule has 0 aliphatic heterocycles. The van der Waals surface area contributed by atoms with E-state index in [-0.39, 0.29) is 28.2 Å². The van der Waals surface area contributed by atoms with Crippen LogP contribution in [0.2, 0.25) is 0 Å². The zero-order chi connectivity index (χ0) is 23.4.